The number of nitrogens with zero attached hydrogens (tertiary/aromatic N) is 1. The lowest BCUT2D eigenvalue weighted by Crippen LogP contribution is -2.24. The molecule has 0 fully saturated rings. The number of rotatable bonds is 6. The Morgan fingerprint density at radius 2 is 1.85 bits per heavy atom. The molecule has 2 heteroatoms. The normalized spacial score (nSPS) is 12.3. The van der Waals surface area contributed by atoms with Gasteiger partial charge in [0.05, 0.1) is 0 Å². The number of nitrogens with one attached hydrogen (secondary N) is 1. The van der Waals surface area contributed by atoms with Crippen LogP contribution in [0.3, 0.4) is 0 Å². The monoisotopic (exact) mass is 268 g/mol. The van der Waals surface area contributed by atoms with Crippen LogP contribution in [-0.4, -0.2) is 11.5 Å². The summed E-state index contributed by atoms with van der Waals surface area (Å²) >= 11 is 0. The van der Waals surface area contributed by atoms with Crippen LogP contribution in [0, 0.1) is 13.8 Å². The van der Waals surface area contributed by atoms with Crippen molar-refractivity contribution in [3.8, 4) is 0 Å². The van der Waals surface area contributed by atoms with Crippen LogP contribution in [-0.2, 0) is 6.42 Å². The zero-order chi connectivity index (χ0) is 14.4. The van der Waals surface area contributed by atoms with Crippen molar-refractivity contribution >= 4 is 0 Å². The predicted octanol–water partition coefficient (Wildman–Crippen LogP) is 3.98. The molecule has 1 atom stereocenters. The van der Waals surface area contributed by atoms with Crippen LogP contribution in [0.5, 0.6) is 0 Å². The standard InChI is InChI=1S/C18H24N2/c1-4-9-20-18(16-7-10-19-11-8-16)13-17-12-14(2)5-6-15(17)3/h5-8,10-12,18,20H,4,9,13H2,1-3H3. The molecule has 2 nitrogen and oxygen atoms in total. The Balaban J connectivity index is 2.21. The molecule has 2 aromatic rings. The lowest BCUT2D eigenvalue weighted by Gasteiger charge is -2.20. The third-order valence-corrected chi connectivity index (χ3v) is 3.68. The highest BCUT2D eigenvalue weighted by Gasteiger charge is 2.12. The molecule has 106 valence electrons. The molecule has 1 aromatic carbocycles. The van der Waals surface area contributed by atoms with Crippen molar-refractivity contribution in [1.82, 2.24) is 10.3 Å². The molecule has 0 saturated carbocycles. The first-order valence-electron chi connectivity index (χ1n) is 7.40. The summed E-state index contributed by atoms with van der Waals surface area (Å²) in [5, 5.41) is 3.65. The van der Waals surface area contributed by atoms with Gasteiger partial charge in [-0.05, 0) is 62.1 Å². The molecule has 0 saturated heterocycles. The second kappa shape index (κ2) is 7.20. The summed E-state index contributed by atoms with van der Waals surface area (Å²) in [6, 6.07) is 11.3. The van der Waals surface area contributed by atoms with E-state index in [0.717, 1.165) is 19.4 Å². The van der Waals surface area contributed by atoms with E-state index in [1.807, 2.05) is 12.4 Å². The Labute approximate surface area is 122 Å². The van der Waals surface area contributed by atoms with Crippen LogP contribution < -0.4 is 5.32 Å². The van der Waals surface area contributed by atoms with Gasteiger partial charge in [0.15, 0.2) is 0 Å². The average molecular weight is 268 g/mol. The second-order valence-corrected chi connectivity index (χ2v) is 5.42. The molecular formula is C18H24N2. The molecule has 1 heterocycles. The zero-order valence-electron chi connectivity index (χ0n) is 12.7. The highest BCUT2D eigenvalue weighted by atomic mass is 14.9. The fraction of sp³-hybridized carbons (Fsp3) is 0.389. The van der Waals surface area contributed by atoms with Crippen LogP contribution >= 0.6 is 0 Å². The summed E-state index contributed by atoms with van der Waals surface area (Å²) in [7, 11) is 0. The summed E-state index contributed by atoms with van der Waals surface area (Å²) in [6.07, 6.45) is 5.92. The van der Waals surface area contributed by atoms with Crippen LogP contribution in [0.1, 0.15) is 41.6 Å². The maximum Gasteiger partial charge on any atom is 0.0362 e. The van der Waals surface area contributed by atoms with E-state index < -0.39 is 0 Å². The molecule has 0 bridgehead atoms. The van der Waals surface area contributed by atoms with E-state index in [2.05, 4.69) is 61.4 Å². The SMILES string of the molecule is CCCNC(Cc1cc(C)ccc1C)c1ccncc1. The molecule has 1 N–H and O–H groups in total. The van der Waals surface area contributed by atoms with Gasteiger partial charge in [-0.15, -0.1) is 0 Å². The maximum atomic E-state index is 4.12. The highest BCUT2D eigenvalue weighted by molar-refractivity contribution is 5.32. The topological polar surface area (TPSA) is 24.9 Å². The first-order chi connectivity index (χ1) is 9.70. The summed E-state index contributed by atoms with van der Waals surface area (Å²) in [5.74, 6) is 0. The lowest BCUT2D eigenvalue weighted by atomic mass is 9.95. The van der Waals surface area contributed by atoms with E-state index in [0.29, 0.717) is 6.04 Å². The van der Waals surface area contributed by atoms with Crippen molar-refractivity contribution in [3.63, 3.8) is 0 Å². The molecule has 0 radical (unpaired) electrons. The van der Waals surface area contributed by atoms with E-state index in [4.69, 9.17) is 0 Å². The van der Waals surface area contributed by atoms with E-state index in [9.17, 15) is 0 Å². The lowest BCUT2D eigenvalue weighted by molar-refractivity contribution is 0.528. The number of hydrogen-bond donors (Lipinski definition) is 1. The maximum absolute atomic E-state index is 4.12. The van der Waals surface area contributed by atoms with Crippen molar-refractivity contribution in [2.45, 2.75) is 39.7 Å². The molecule has 0 spiro atoms. The summed E-state index contributed by atoms with van der Waals surface area (Å²) in [6.45, 7) is 7.59. The molecule has 0 amide bonds. The van der Waals surface area contributed by atoms with Gasteiger partial charge in [-0.2, -0.15) is 0 Å². The molecule has 20 heavy (non-hydrogen) atoms. The Morgan fingerprint density at radius 1 is 1.10 bits per heavy atom. The first-order valence-corrected chi connectivity index (χ1v) is 7.40. The fourth-order valence-electron chi connectivity index (χ4n) is 2.46. The number of aromatic nitrogens is 1. The largest absolute Gasteiger partial charge is 0.310 e. The Kier molecular flexibility index (Phi) is 5.31. The van der Waals surface area contributed by atoms with Gasteiger partial charge in [-0.25, -0.2) is 0 Å². The first kappa shape index (κ1) is 14.7. The van der Waals surface area contributed by atoms with Crippen molar-refractivity contribution in [2.24, 2.45) is 0 Å². The number of pyridine rings is 1. The van der Waals surface area contributed by atoms with Crippen LogP contribution in [0.2, 0.25) is 0 Å². The van der Waals surface area contributed by atoms with Crippen molar-refractivity contribution in [3.05, 3.63) is 65.0 Å². The van der Waals surface area contributed by atoms with Gasteiger partial charge in [-0.1, -0.05) is 30.7 Å². The van der Waals surface area contributed by atoms with Gasteiger partial charge in [0, 0.05) is 18.4 Å². The number of hydrogen-bond acceptors (Lipinski definition) is 2. The molecular weight excluding hydrogens is 244 g/mol. The third-order valence-electron chi connectivity index (χ3n) is 3.68. The summed E-state index contributed by atoms with van der Waals surface area (Å²) < 4.78 is 0. The van der Waals surface area contributed by atoms with Crippen LogP contribution in [0.4, 0.5) is 0 Å². The Morgan fingerprint density at radius 3 is 2.55 bits per heavy atom. The Bertz CT molecular complexity index is 534. The van der Waals surface area contributed by atoms with Gasteiger partial charge < -0.3 is 5.32 Å². The van der Waals surface area contributed by atoms with Gasteiger partial charge in [0.2, 0.25) is 0 Å². The molecule has 0 aliphatic rings. The minimum absolute atomic E-state index is 0.360. The smallest absolute Gasteiger partial charge is 0.0362 e. The average Bonchev–Trinajstić information content (AvgIpc) is 2.48. The zero-order valence-corrected chi connectivity index (χ0v) is 12.7. The third kappa shape index (κ3) is 3.91. The van der Waals surface area contributed by atoms with E-state index in [-0.39, 0.29) is 0 Å². The molecule has 1 unspecified atom stereocenters. The summed E-state index contributed by atoms with van der Waals surface area (Å²) in [4.78, 5) is 4.12. The van der Waals surface area contributed by atoms with E-state index in [1.165, 1.54) is 22.3 Å². The van der Waals surface area contributed by atoms with E-state index >= 15 is 0 Å². The quantitative estimate of drug-likeness (QED) is 0.857. The molecule has 0 aliphatic carbocycles. The Hall–Kier alpha value is -1.67. The molecule has 2 rings (SSSR count). The van der Waals surface area contributed by atoms with Crippen molar-refractivity contribution in [2.75, 3.05) is 6.54 Å². The summed E-state index contributed by atoms with van der Waals surface area (Å²) in [5.41, 5.74) is 5.44. The van der Waals surface area contributed by atoms with Gasteiger partial charge in [-0.3, -0.25) is 4.98 Å². The van der Waals surface area contributed by atoms with Crippen LogP contribution in [0.25, 0.3) is 0 Å². The number of aryl methyl sites for hydroxylation is 2. The van der Waals surface area contributed by atoms with Crippen LogP contribution in [0.15, 0.2) is 42.7 Å². The van der Waals surface area contributed by atoms with Gasteiger partial charge in [0.25, 0.3) is 0 Å². The van der Waals surface area contributed by atoms with Gasteiger partial charge in [0.1, 0.15) is 0 Å². The predicted molar refractivity (Wildman–Crippen MR) is 84.9 cm³/mol. The van der Waals surface area contributed by atoms with Crippen molar-refractivity contribution < 1.29 is 0 Å². The highest BCUT2D eigenvalue weighted by Crippen LogP contribution is 2.21. The minimum atomic E-state index is 0.360. The minimum Gasteiger partial charge on any atom is -0.310 e. The molecule has 0 aliphatic heterocycles. The molecule has 1 aromatic heterocycles. The van der Waals surface area contributed by atoms with E-state index in [1.54, 1.807) is 0 Å². The second-order valence-electron chi connectivity index (χ2n) is 5.42. The van der Waals surface area contributed by atoms with Crippen molar-refractivity contribution in [1.29, 1.82) is 0 Å². The number of benzene rings is 1. The fourth-order valence-corrected chi connectivity index (χ4v) is 2.46. The van der Waals surface area contributed by atoms with Gasteiger partial charge >= 0.3 is 0 Å².